The van der Waals surface area contributed by atoms with E-state index in [9.17, 15) is 9.59 Å². The Labute approximate surface area is 339 Å². The summed E-state index contributed by atoms with van der Waals surface area (Å²) >= 11 is 0. The Kier molecular flexibility index (Phi) is 25.6. The van der Waals surface area contributed by atoms with Crippen molar-refractivity contribution in [1.82, 2.24) is 0 Å². The van der Waals surface area contributed by atoms with Crippen LogP contribution in [0.5, 0.6) is 17.2 Å². The van der Waals surface area contributed by atoms with Gasteiger partial charge in [0, 0.05) is 30.9 Å². The molecule has 6 nitrogen and oxygen atoms in total. The van der Waals surface area contributed by atoms with Crippen LogP contribution in [0.2, 0.25) is 0 Å². The molecule has 3 rings (SSSR count). The molecule has 0 heterocycles. The Morgan fingerprint density at radius 2 is 0.946 bits per heavy atom. The zero-order valence-electron chi connectivity index (χ0n) is 34.2. The third-order valence-corrected chi connectivity index (χ3v) is 10.5. The molecule has 1 saturated carbocycles. The summed E-state index contributed by atoms with van der Waals surface area (Å²) in [6.07, 6.45) is 41.0. The normalized spacial score (nSPS) is 14.8. The van der Waals surface area contributed by atoms with E-state index >= 15 is 0 Å². The number of rotatable bonds is 29. The lowest BCUT2D eigenvalue weighted by molar-refractivity contribution is -0.141. The van der Waals surface area contributed by atoms with Gasteiger partial charge in [-0.3, -0.25) is 4.79 Å². The van der Waals surface area contributed by atoms with Crippen molar-refractivity contribution in [1.29, 1.82) is 0 Å². The predicted molar refractivity (Wildman–Crippen MR) is 227 cm³/mol. The van der Waals surface area contributed by atoms with Crippen molar-refractivity contribution in [3.05, 3.63) is 54.1 Å². The molecule has 0 aliphatic heterocycles. The minimum absolute atomic E-state index is 0.129. The Balaban J connectivity index is 1.19. The SMILES string of the molecule is C#CCCCCCCCCCCCCOc1ccc(C#CC(=O)Oc2ccc(OC(=O)C3CCC(OCCCCCCCCCCCCC#C)CC3)cc2)cc1. The largest absolute Gasteiger partial charge is 0.494 e. The zero-order chi connectivity index (χ0) is 39.7. The molecular weight excluding hydrogens is 697 g/mol. The van der Waals surface area contributed by atoms with Crippen LogP contribution >= 0.6 is 0 Å². The minimum Gasteiger partial charge on any atom is -0.494 e. The average Bonchev–Trinajstić information content (AvgIpc) is 3.22. The van der Waals surface area contributed by atoms with Gasteiger partial charge in [0.2, 0.25) is 0 Å². The van der Waals surface area contributed by atoms with E-state index in [0.717, 1.165) is 70.1 Å². The van der Waals surface area contributed by atoms with E-state index in [0.29, 0.717) is 23.7 Å². The maximum atomic E-state index is 12.8. The monoisotopic (exact) mass is 765 g/mol. The first-order valence-electron chi connectivity index (χ1n) is 21.8. The van der Waals surface area contributed by atoms with Crippen LogP contribution in [0.15, 0.2) is 48.5 Å². The smallest absolute Gasteiger partial charge is 0.390 e. The Morgan fingerprint density at radius 3 is 1.45 bits per heavy atom. The van der Waals surface area contributed by atoms with Crippen LogP contribution in [0.4, 0.5) is 0 Å². The van der Waals surface area contributed by atoms with Gasteiger partial charge in [-0.25, -0.2) is 4.79 Å². The molecule has 304 valence electrons. The van der Waals surface area contributed by atoms with Crippen LogP contribution in [0, 0.1) is 42.4 Å². The zero-order valence-corrected chi connectivity index (χ0v) is 34.2. The molecule has 0 spiro atoms. The second kappa shape index (κ2) is 31.0. The fraction of sp³-hybridized carbons (Fsp3) is 0.600. The molecule has 0 radical (unpaired) electrons. The average molecular weight is 765 g/mol. The summed E-state index contributed by atoms with van der Waals surface area (Å²) in [6.45, 7) is 1.50. The summed E-state index contributed by atoms with van der Waals surface area (Å²) in [4.78, 5) is 25.2. The van der Waals surface area contributed by atoms with Gasteiger partial charge < -0.3 is 18.9 Å². The summed E-state index contributed by atoms with van der Waals surface area (Å²) in [5, 5.41) is 0. The van der Waals surface area contributed by atoms with Crippen molar-refractivity contribution in [3.63, 3.8) is 0 Å². The van der Waals surface area contributed by atoms with Crippen molar-refractivity contribution in [3.8, 4) is 53.8 Å². The molecule has 1 aliphatic rings. The maximum absolute atomic E-state index is 12.8. The van der Waals surface area contributed by atoms with Gasteiger partial charge in [0.15, 0.2) is 0 Å². The highest BCUT2D eigenvalue weighted by Crippen LogP contribution is 2.29. The summed E-state index contributed by atoms with van der Waals surface area (Å²) in [7, 11) is 0. The number of carbonyl (C=O) groups excluding carboxylic acids is 2. The third kappa shape index (κ3) is 22.4. The van der Waals surface area contributed by atoms with Crippen LogP contribution in [-0.4, -0.2) is 31.3 Å². The number of benzene rings is 2. The molecule has 1 aliphatic carbocycles. The Hall–Kier alpha value is -4.18. The number of unbranched alkanes of at least 4 members (excludes halogenated alkanes) is 20. The van der Waals surface area contributed by atoms with Crippen LogP contribution in [0.25, 0.3) is 0 Å². The van der Waals surface area contributed by atoms with E-state index < -0.39 is 5.97 Å². The van der Waals surface area contributed by atoms with Crippen molar-refractivity contribution in [2.24, 2.45) is 5.92 Å². The van der Waals surface area contributed by atoms with Gasteiger partial charge in [-0.1, -0.05) is 109 Å². The summed E-state index contributed by atoms with van der Waals surface area (Å²) < 4.78 is 23.0. The molecule has 0 amide bonds. The van der Waals surface area contributed by atoms with Crippen molar-refractivity contribution in [2.45, 2.75) is 173 Å². The van der Waals surface area contributed by atoms with E-state index in [2.05, 4.69) is 23.7 Å². The summed E-state index contributed by atoms with van der Waals surface area (Å²) in [5.41, 5.74) is 0.698. The van der Waals surface area contributed by atoms with Crippen molar-refractivity contribution in [2.75, 3.05) is 13.2 Å². The lowest BCUT2D eigenvalue weighted by atomic mass is 9.87. The minimum atomic E-state index is -0.664. The van der Waals surface area contributed by atoms with Crippen LogP contribution in [-0.2, 0) is 14.3 Å². The highest BCUT2D eigenvalue weighted by molar-refractivity contribution is 5.90. The van der Waals surface area contributed by atoms with E-state index in [1.807, 2.05) is 24.3 Å². The molecule has 0 unspecified atom stereocenters. The molecule has 0 saturated heterocycles. The third-order valence-electron chi connectivity index (χ3n) is 10.5. The van der Waals surface area contributed by atoms with E-state index in [1.54, 1.807) is 24.3 Å². The first kappa shape index (κ1) is 46.2. The van der Waals surface area contributed by atoms with Gasteiger partial charge in [0.1, 0.15) is 17.2 Å². The Bertz CT molecular complexity index is 1480. The highest BCUT2D eigenvalue weighted by atomic mass is 16.5. The van der Waals surface area contributed by atoms with Gasteiger partial charge in [-0.2, -0.15) is 0 Å². The van der Waals surface area contributed by atoms with Crippen LogP contribution in [0.1, 0.15) is 173 Å². The number of hydrogen-bond acceptors (Lipinski definition) is 6. The van der Waals surface area contributed by atoms with Crippen LogP contribution in [0.3, 0.4) is 0 Å². The fourth-order valence-electron chi connectivity index (χ4n) is 7.06. The van der Waals surface area contributed by atoms with Crippen LogP contribution < -0.4 is 14.2 Å². The topological polar surface area (TPSA) is 71.1 Å². The first-order chi connectivity index (χ1) is 27.6. The van der Waals surface area contributed by atoms with E-state index in [1.165, 1.54) is 109 Å². The molecule has 56 heavy (non-hydrogen) atoms. The molecular formula is C50H68O6. The van der Waals surface area contributed by atoms with Gasteiger partial charge >= 0.3 is 11.9 Å². The van der Waals surface area contributed by atoms with Crippen molar-refractivity contribution < 1.29 is 28.5 Å². The molecule has 6 heteroatoms. The number of esters is 2. The number of carbonyl (C=O) groups is 2. The number of ether oxygens (including phenoxy) is 4. The molecule has 0 aromatic heterocycles. The summed E-state index contributed by atoms with van der Waals surface area (Å²) in [5.74, 6) is 11.3. The lowest BCUT2D eigenvalue weighted by Crippen LogP contribution is -2.29. The second-order valence-electron chi connectivity index (χ2n) is 15.2. The fourth-order valence-corrected chi connectivity index (χ4v) is 7.06. The quantitative estimate of drug-likeness (QED) is 0.0355. The summed E-state index contributed by atoms with van der Waals surface area (Å²) in [6, 6.07) is 13.9. The van der Waals surface area contributed by atoms with Gasteiger partial charge in [-0.05, 0) is 99.9 Å². The number of terminal acetylenes is 2. The first-order valence-corrected chi connectivity index (χ1v) is 21.8. The molecule has 2 aromatic carbocycles. The number of hydrogen-bond donors (Lipinski definition) is 0. The molecule has 0 atom stereocenters. The predicted octanol–water partition coefficient (Wildman–Crippen LogP) is 12.4. The molecule has 0 bridgehead atoms. The van der Waals surface area contributed by atoms with E-state index in [4.69, 9.17) is 31.8 Å². The molecule has 1 fully saturated rings. The maximum Gasteiger partial charge on any atom is 0.390 e. The standard InChI is InChI=1S/C50H68O6/c1-3-5-7-9-11-13-15-17-19-21-23-25-41-53-45-32-27-43(28-33-45)29-40-49(51)55-47-36-38-48(39-37-47)56-50(52)44-30-34-46(35-31-44)54-42-26-24-22-20-18-16-14-12-10-8-6-4-2/h1-2,27-28,32-33,36-39,44,46H,5-26,30-31,34-35,41-42H2. The van der Waals surface area contributed by atoms with Gasteiger partial charge in [0.25, 0.3) is 0 Å². The Morgan fingerprint density at radius 1 is 0.518 bits per heavy atom. The highest BCUT2D eigenvalue weighted by Gasteiger charge is 2.28. The van der Waals surface area contributed by atoms with Gasteiger partial charge in [-0.15, -0.1) is 24.7 Å². The molecule has 0 N–H and O–H groups in total. The molecule has 2 aromatic rings. The van der Waals surface area contributed by atoms with E-state index in [-0.39, 0.29) is 18.0 Å². The lowest BCUT2D eigenvalue weighted by Gasteiger charge is -2.27. The second-order valence-corrected chi connectivity index (χ2v) is 15.2. The van der Waals surface area contributed by atoms with Crippen molar-refractivity contribution >= 4 is 11.9 Å². The van der Waals surface area contributed by atoms with Gasteiger partial charge in [0.05, 0.1) is 18.6 Å².